The summed E-state index contributed by atoms with van der Waals surface area (Å²) in [7, 11) is 0. The Morgan fingerprint density at radius 2 is 1.56 bits per heavy atom. The Balaban J connectivity index is 1.07. The van der Waals surface area contributed by atoms with Crippen LogP contribution in [0, 0.1) is 5.92 Å². The normalized spacial score (nSPS) is 15.7. The zero-order valence-corrected chi connectivity index (χ0v) is 32.2. The minimum atomic E-state index is -1.16. The summed E-state index contributed by atoms with van der Waals surface area (Å²) in [4.78, 5) is 79.3. The van der Waals surface area contributed by atoms with Crippen molar-refractivity contribution in [3.8, 4) is 0 Å². The third-order valence-corrected chi connectivity index (χ3v) is 9.07. The molecule has 2 aromatic rings. The average molecular weight is 763 g/mol. The van der Waals surface area contributed by atoms with Crippen molar-refractivity contribution >= 4 is 47.2 Å². The number of unbranched alkanes of at least 4 members (excludes halogenated alkanes) is 2. The summed E-state index contributed by atoms with van der Waals surface area (Å²) in [5, 5.41) is 26.5. The predicted molar refractivity (Wildman–Crippen MR) is 205 cm³/mol. The van der Waals surface area contributed by atoms with E-state index >= 15 is 0 Å². The summed E-state index contributed by atoms with van der Waals surface area (Å²) >= 11 is 0. The summed E-state index contributed by atoms with van der Waals surface area (Å²) in [6.45, 7) is 9.30. The number of hydrogen-bond donors (Lipinski definition) is 5. The number of alkyl carbamates (subject to hydrolysis) is 1. The van der Waals surface area contributed by atoms with Gasteiger partial charge in [-0.2, -0.15) is 5.10 Å². The first-order valence-electron chi connectivity index (χ1n) is 18.9. The number of anilines is 1. The Morgan fingerprint density at radius 3 is 2.20 bits per heavy atom. The summed E-state index contributed by atoms with van der Waals surface area (Å²) in [5.74, 6) is -1.62. The van der Waals surface area contributed by atoms with Gasteiger partial charge in [0, 0.05) is 76.0 Å². The molecule has 0 aliphatic carbocycles. The highest BCUT2D eigenvalue weighted by molar-refractivity contribution is 6.06. The quantitative estimate of drug-likeness (QED) is 0.135. The standard InChI is InChI=1S/C39H54N8O8/c1-26-22-34(50)47(45-35(26)27-13-15-30(16-14-27)43-37(53)46-24-28-17-20-40-23-29(28)25-46)21-8-7-19-42-33(49)12-9-11-32(48)41-18-6-5-10-31(36(51)52)44-38(54)55-39(2,3)4/h13-17,20,23,26,31H,5-12,18-19,21-22,24-25H2,1-4H3,(H,41,48)(H,42,49)(H,43,53)(H,44,54)(H,51,52)/t26?,31-/m0/s1. The van der Waals surface area contributed by atoms with Crippen molar-refractivity contribution in [1.82, 2.24) is 30.8 Å². The fourth-order valence-electron chi connectivity index (χ4n) is 6.16. The number of benzene rings is 1. The second-order valence-electron chi connectivity index (χ2n) is 14.9. The molecule has 0 radical (unpaired) electrons. The minimum absolute atomic E-state index is 0.0519. The molecule has 2 atom stereocenters. The van der Waals surface area contributed by atoms with Gasteiger partial charge in [0.05, 0.1) is 5.71 Å². The highest BCUT2D eigenvalue weighted by Crippen LogP contribution is 2.24. The Bertz CT molecular complexity index is 1680. The van der Waals surface area contributed by atoms with Crippen LogP contribution >= 0.6 is 0 Å². The molecule has 0 bridgehead atoms. The zero-order valence-electron chi connectivity index (χ0n) is 32.2. The van der Waals surface area contributed by atoms with E-state index in [4.69, 9.17) is 4.74 Å². The number of hydrazone groups is 1. The summed E-state index contributed by atoms with van der Waals surface area (Å²) in [6, 6.07) is 8.12. The molecule has 6 amide bonds. The lowest BCUT2D eigenvalue weighted by Gasteiger charge is -2.28. The molecule has 1 aromatic carbocycles. The summed E-state index contributed by atoms with van der Waals surface area (Å²) < 4.78 is 5.11. The number of carboxylic acids is 1. The lowest BCUT2D eigenvalue weighted by molar-refractivity contribution is -0.139. The van der Waals surface area contributed by atoms with E-state index in [0.717, 1.165) is 22.4 Å². The molecule has 16 nitrogen and oxygen atoms in total. The van der Waals surface area contributed by atoms with Crippen LogP contribution in [0.25, 0.3) is 0 Å². The van der Waals surface area contributed by atoms with Crippen molar-refractivity contribution in [1.29, 1.82) is 0 Å². The molecule has 4 rings (SSSR count). The van der Waals surface area contributed by atoms with Crippen molar-refractivity contribution in [2.75, 3.05) is 25.0 Å². The van der Waals surface area contributed by atoms with Crippen LogP contribution in [0.2, 0.25) is 0 Å². The van der Waals surface area contributed by atoms with E-state index in [9.17, 15) is 33.9 Å². The number of aromatic nitrogens is 1. The number of carbonyl (C=O) groups excluding carboxylic acids is 5. The first-order valence-corrected chi connectivity index (χ1v) is 18.9. The van der Waals surface area contributed by atoms with E-state index < -0.39 is 23.7 Å². The van der Waals surface area contributed by atoms with Gasteiger partial charge >= 0.3 is 18.1 Å². The molecular formula is C39H54N8O8. The Kier molecular flexibility index (Phi) is 15.5. The molecule has 55 heavy (non-hydrogen) atoms. The minimum Gasteiger partial charge on any atom is -0.480 e. The van der Waals surface area contributed by atoms with Crippen LogP contribution in [-0.4, -0.2) is 92.8 Å². The summed E-state index contributed by atoms with van der Waals surface area (Å²) in [6.07, 6.45) is 6.32. The van der Waals surface area contributed by atoms with Gasteiger partial charge in [-0.05, 0) is 94.2 Å². The number of ether oxygens (including phenoxy) is 1. The Labute approximate surface area is 321 Å². The predicted octanol–water partition coefficient (Wildman–Crippen LogP) is 4.53. The number of urea groups is 1. The van der Waals surface area contributed by atoms with Crippen LogP contribution in [0.15, 0.2) is 47.8 Å². The van der Waals surface area contributed by atoms with Gasteiger partial charge in [-0.15, -0.1) is 0 Å². The molecule has 5 N–H and O–H groups in total. The maximum absolute atomic E-state index is 12.8. The van der Waals surface area contributed by atoms with Crippen molar-refractivity contribution in [2.24, 2.45) is 11.0 Å². The smallest absolute Gasteiger partial charge is 0.408 e. The van der Waals surface area contributed by atoms with E-state index in [-0.39, 0.29) is 48.9 Å². The highest BCUT2D eigenvalue weighted by Gasteiger charge is 2.28. The Hall–Kier alpha value is -5.54. The van der Waals surface area contributed by atoms with Gasteiger partial charge in [0.15, 0.2) is 0 Å². The first-order chi connectivity index (χ1) is 26.2. The molecule has 2 aliphatic heterocycles. The molecule has 0 fully saturated rings. The topological polar surface area (TPSA) is 212 Å². The molecule has 0 saturated carbocycles. The molecule has 2 aliphatic rings. The zero-order chi connectivity index (χ0) is 40.0. The van der Waals surface area contributed by atoms with E-state index in [1.165, 1.54) is 5.01 Å². The second kappa shape index (κ2) is 20.2. The fraction of sp³-hybridized carbons (Fsp3) is 0.538. The number of pyridine rings is 1. The van der Waals surface area contributed by atoms with E-state index in [1.54, 1.807) is 38.1 Å². The largest absolute Gasteiger partial charge is 0.480 e. The fourth-order valence-corrected chi connectivity index (χ4v) is 6.16. The maximum atomic E-state index is 12.8. The molecule has 0 spiro atoms. The number of amides is 6. The van der Waals surface area contributed by atoms with Gasteiger partial charge < -0.3 is 36.0 Å². The average Bonchev–Trinajstić information content (AvgIpc) is 3.56. The number of carbonyl (C=O) groups is 6. The molecule has 16 heteroatoms. The number of nitrogens with zero attached hydrogens (tertiary/aromatic N) is 4. The number of fused-ring (bicyclic) bond motifs is 1. The molecule has 298 valence electrons. The van der Waals surface area contributed by atoms with Gasteiger partial charge in [-0.3, -0.25) is 19.4 Å². The van der Waals surface area contributed by atoms with Crippen LogP contribution in [0.3, 0.4) is 0 Å². The van der Waals surface area contributed by atoms with E-state index in [2.05, 4.69) is 31.4 Å². The van der Waals surface area contributed by atoms with Crippen LogP contribution in [0.1, 0.15) is 102 Å². The van der Waals surface area contributed by atoms with Gasteiger partial charge in [0.1, 0.15) is 11.6 Å². The van der Waals surface area contributed by atoms with Gasteiger partial charge in [0.25, 0.3) is 0 Å². The third-order valence-electron chi connectivity index (χ3n) is 9.07. The third kappa shape index (κ3) is 14.0. The van der Waals surface area contributed by atoms with Crippen molar-refractivity contribution in [2.45, 2.75) is 110 Å². The number of aliphatic carboxylic acids is 1. The van der Waals surface area contributed by atoms with E-state index in [0.29, 0.717) is 76.9 Å². The highest BCUT2D eigenvalue weighted by atomic mass is 16.6. The number of rotatable bonds is 18. The molecule has 0 saturated heterocycles. The molecular weight excluding hydrogens is 708 g/mol. The monoisotopic (exact) mass is 762 g/mol. The number of nitrogens with one attached hydrogen (secondary N) is 4. The van der Waals surface area contributed by atoms with Crippen molar-refractivity contribution in [3.05, 3.63) is 59.4 Å². The molecule has 3 heterocycles. The van der Waals surface area contributed by atoms with Crippen LogP contribution < -0.4 is 21.3 Å². The first kappa shape index (κ1) is 42.2. The van der Waals surface area contributed by atoms with Gasteiger partial charge in [-0.25, -0.2) is 19.4 Å². The van der Waals surface area contributed by atoms with Crippen LogP contribution in [0.4, 0.5) is 15.3 Å². The lowest BCUT2D eigenvalue weighted by atomic mass is 9.93. The number of carboxylic acid groups (broad SMARTS) is 1. The van der Waals surface area contributed by atoms with Gasteiger partial charge in [-0.1, -0.05) is 19.1 Å². The molecule has 1 aromatic heterocycles. The Morgan fingerprint density at radius 1 is 0.909 bits per heavy atom. The SMILES string of the molecule is CC1CC(=O)N(CCCCNC(=O)CCCC(=O)NCCCC[C@H](NC(=O)OC(C)(C)C)C(=O)O)N=C1c1ccc(NC(=O)N2Cc3ccncc3C2)cc1. The van der Waals surface area contributed by atoms with Gasteiger partial charge in [0.2, 0.25) is 17.7 Å². The van der Waals surface area contributed by atoms with Crippen LogP contribution in [0.5, 0.6) is 0 Å². The lowest BCUT2D eigenvalue weighted by Crippen LogP contribution is -2.43. The van der Waals surface area contributed by atoms with Crippen molar-refractivity contribution < 1.29 is 38.6 Å². The maximum Gasteiger partial charge on any atom is 0.408 e. The molecule has 1 unspecified atom stereocenters. The van der Waals surface area contributed by atoms with Crippen molar-refractivity contribution in [3.63, 3.8) is 0 Å². The summed E-state index contributed by atoms with van der Waals surface area (Å²) in [5.41, 5.74) is 3.75. The number of hydrogen-bond acceptors (Lipinski definition) is 9. The van der Waals surface area contributed by atoms with E-state index in [1.807, 2.05) is 37.3 Å². The van der Waals surface area contributed by atoms with Crippen LogP contribution in [-0.2, 0) is 37.0 Å². The second-order valence-corrected chi connectivity index (χ2v) is 14.9.